The maximum atomic E-state index is 12.7. The Labute approximate surface area is 132 Å². The lowest BCUT2D eigenvalue weighted by molar-refractivity contribution is -0.157. The third-order valence-corrected chi connectivity index (χ3v) is 7.03. The first-order valence-electron chi connectivity index (χ1n) is 9.16. The number of amides is 1. The second-order valence-electron chi connectivity index (χ2n) is 8.13. The van der Waals surface area contributed by atoms with Gasteiger partial charge in [-0.2, -0.15) is 0 Å². The third kappa shape index (κ3) is 2.35. The molecule has 3 saturated carbocycles. The van der Waals surface area contributed by atoms with Gasteiger partial charge in [0.2, 0.25) is 5.91 Å². The summed E-state index contributed by atoms with van der Waals surface area (Å²) in [6, 6.07) is 0.395. The number of carboxylic acid groups (broad SMARTS) is 1. The maximum Gasteiger partial charge on any atom is 0.307 e. The Bertz CT molecular complexity index is 477. The number of fused-ring (bicyclic) bond motifs is 2. The van der Waals surface area contributed by atoms with Crippen molar-refractivity contribution in [3.8, 4) is 0 Å². The van der Waals surface area contributed by atoms with Crippen LogP contribution in [0.25, 0.3) is 0 Å². The molecule has 4 fully saturated rings. The van der Waals surface area contributed by atoms with Crippen LogP contribution in [0.3, 0.4) is 0 Å². The van der Waals surface area contributed by atoms with Crippen LogP contribution in [0.5, 0.6) is 0 Å². The lowest BCUT2D eigenvalue weighted by atomic mass is 9.72. The minimum absolute atomic E-state index is 0.143. The highest BCUT2D eigenvalue weighted by Crippen LogP contribution is 2.51. The van der Waals surface area contributed by atoms with Crippen LogP contribution < -0.4 is 0 Å². The molecule has 0 aromatic heterocycles. The first-order chi connectivity index (χ1) is 10.6. The van der Waals surface area contributed by atoms with Crippen molar-refractivity contribution in [2.24, 2.45) is 29.6 Å². The quantitative estimate of drug-likeness (QED) is 0.869. The van der Waals surface area contributed by atoms with E-state index in [2.05, 4.69) is 4.90 Å². The normalized spacial score (nSPS) is 43.4. The highest BCUT2D eigenvalue weighted by molar-refractivity contribution is 5.86. The minimum atomic E-state index is -0.784. The molecule has 6 unspecified atom stereocenters. The van der Waals surface area contributed by atoms with Gasteiger partial charge in [0.25, 0.3) is 0 Å². The van der Waals surface area contributed by atoms with Gasteiger partial charge in [-0.25, -0.2) is 0 Å². The monoisotopic (exact) mass is 305 g/mol. The second-order valence-corrected chi connectivity index (χ2v) is 8.13. The fraction of sp³-hybridized carbons (Fsp3) is 0.889. The van der Waals surface area contributed by atoms with Gasteiger partial charge in [-0.3, -0.25) is 9.59 Å². The molecule has 4 heteroatoms. The molecule has 4 rings (SSSR count). The average Bonchev–Trinajstić information content (AvgIpc) is 3.12. The summed E-state index contributed by atoms with van der Waals surface area (Å²) in [5.74, 6) is 1.41. The van der Waals surface area contributed by atoms with Crippen molar-refractivity contribution in [1.29, 1.82) is 0 Å². The van der Waals surface area contributed by atoms with Gasteiger partial charge in [0, 0.05) is 12.6 Å². The van der Waals surface area contributed by atoms with Gasteiger partial charge >= 0.3 is 5.97 Å². The summed E-state index contributed by atoms with van der Waals surface area (Å²) in [5.41, 5.74) is 0. The number of carboxylic acids is 1. The highest BCUT2D eigenvalue weighted by Gasteiger charge is 2.46. The van der Waals surface area contributed by atoms with Gasteiger partial charge in [-0.15, -0.1) is 0 Å². The van der Waals surface area contributed by atoms with E-state index in [0.717, 1.165) is 43.6 Å². The number of nitrogens with zero attached hydrogens (tertiary/aromatic N) is 1. The molecule has 1 heterocycles. The van der Waals surface area contributed by atoms with E-state index in [0.29, 0.717) is 12.5 Å². The minimum Gasteiger partial charge on any atom is -0.481 e. The predicted octanol–water partition coefficient (Wildman–Crippen LogP) is 2.91. The van der Waals surface area contributed by atoms with E-state index in [1.54, 1.807) is 0 Å². The van der Waals surface area contributed by atoms with Crippen molar-refractivity contribution >= 4 is 11.9 Å². The van der Waals surface area contributed by atoms with Gasteiger partial charge in [-0.05, 0) is 69.1 Å². The number of aliphatic carboxylic acids is 1. The van der Waals surface area contributed by atoms with E-state index < -0.39 is 11.9 Å². The molecular formula is C18H27NO3. The zero-order valence-corrected chi connectivity index (χ0v) is 13.2. The van der Waals surface area contributed by atoms with Crippen LogP contribution in [0.2, 0.25) is 0 Å². The Kier molecular flexibility index (Phi) is 3.66. The molecule has 0 aromatic carbocycles. The van der Waals surface area contributed by atoms with Crippen molar-refractivity contribution < 1.29 is 14.7 Å². The Morgan fingerprint density at radius 1 is 1.00 bits per heavy atom. The molecule has 1 saturated heterocycles. The van der Waals surface area contributed by atoms with Gasteiger partial charge < -0.3 is 10.0 Å². The lowest BCUT2D eigenvalue weighted by Crippen LogP contribution is -2.48. The Morgan fingerprint density at radius 3 is 2.41 bits per heavy atom. The summed E-state index contributed by atoms with van der Waals surface area (Å²) in [6.45, 7) is 0.854. The summed E-state index contributed by atoms with van der Waals surface area (Å²) >= 11 is 0. The van der Waals surface area contributed by atoms with Gasteiger partial charge in [0.1, 0.15) is 0 Å². The number of carbonyl (C=O) groups excluding carboxylic acids is 1. The first kappa shape index (κ1) is 14.5. The predicted molar refractivity (Wildman–Crippen MR) is 82.1 cm³/mol. The standard InChI is InChI=1S/C18H27NO3/c20-17(15-5-6-16(15)18(21)22)19-7-1-2-14(19)10-13-9-11-3-4-12(13)8-11/h11-16H,1-10H2,(H,21,22). The summed E-state index contributed by atoms with van der Waals surface area (Å²) < 4.78 is 0. The van der Waals surface area contributed by atoms with Crippen molar-refractivity contribution in [3.63, 3.8) is 0 Å². The molecule has 1 N–H and O–H groups in total. The maximum absolute atomic E-state index is 12.7. The number of likely N-dealkylation sites (tertiary alicyclic amines) is 1. The smallest absolute Gasteiger partial charge is 0.307 e. The van der Waals surface area contributed by atoms with Gasteiger partial charge in [-0.1, -0.05) is 6.42 Å². The largest absolute Gasteiger partial charge is 0.481 e. The zero-order valence-electron chi connectivity index (χ0n) is 13.2. The summed E-state index contributed by atoms with van der Waals surface area (Å²) in [5, 5.41) is 9.19. The summed E-state index contributed by atoms with van der Waals surface area (Å²) in [4.78, 5) is 26.0. The highest BCUT2D eigenvalue weighted by atomic mass is 16.4. The number of carbonyl (C=O) groups is 2. The fourth-order valence-electron chi connectivity index (χ4n) is 5.69. The van der Waals surface area contributed by atoms with Crippen LogP contribution in [-0.2, 0) is 9.59 Å². The van der Waals surface area contributed by atoms with Gasteiger partial charge in [0.15, 0.2) is 0 Å². The lowest BCUT2D eigenvalue weighted by Gasteiger charge is -2.38. The molecule has 1 amide bonds. The fourth-order valence-corrected chi connectivity index (χ4v) is 5.69. The molecule has 4 nitrogen and oxygen atoms in total. The van der Waals surface area contributed by atoms with E-state index in [4.69, 9.17) is 0 Å². The summed E-state index contributed by atoms with van der Waals surface area (Å²) in [6.07, 6.45) is 10.5. The van der Waals surface area contributed by atoms with Crippen LogP contribution in [0.4, 0.5) is 0 Å². The van der Waals surface area contributed by atoms with Crippen LogP contribution in [0, 0.1) is 29.6 Å². The number of hydrogen-bond donors (Lipinski definition) is 1. The molecule has 0 spiro atoms. The van der Waals surface area contributed by atoms with Crippen LogP contribution in [-0.4, -0.2) is 34.5 Å². The number of hydrogen-bond acceptors (Lipinski definition) is 2. The molecule has 2 bridgehead atoms. The molecule has 22 heavy (non-hydrogen) atoms. The Morgan fingerprint density at radius 2 is 1.82 bits per heavy atom. The third-order valence-electron chi connectivity index (χ3n) is 7.03. The molecule has 4 aliphatic rings. The zero-order chi connectivity index (χ0) is 15.3. The van der Waals surface area contributed by atoms with Crippen molar-refractivity contribution in [2.75, 3.05) is 6.54 Å². The average molecular weight is 305 g/mol. The molecule has 6 atom stereocenters. The molecule has 3 aliphatic carbocycles. The topological polar surface area (TPSA) is 57.6 Å². The van der Waals surface area contributed by atoms with Crippen molar-refractivity contribution in [3.05, 3.63) is 0 Å². The summed E-state index contributed by atoms with van der Waals surface area (Å²) in [7, 11) is 0. The molecule has 1 aliphatic heterocycles. The Hall–Kier alpha value is -1.06. The van der Waals surface area contributed by atoms with E-state index in [-0.39, 0.29) is 11.8 Å². The van der Waals surface area contributed by atoms with Crippen LogP contribution >= 0.6 is 0 Å². The first-order valence-corrected chi connectivity index (χ1v) is 9.16. The van der Waals surface area contributed by atoms with E-state index >= 15 is 0 Å². The van der Waals surface area contributed by atoms with E-state index in [1.807, 2.05) is 0 Å². The van der Waals surface area contributed by atoms with Crippen molar-refractivity contribution in [1.82, 2.24) is 4.90 Å². The molecule has 0 aromatic rings. The van der Waals surface area contributed by atoms with Crippen LogP contribution in [0.1, 0.15) is 57.8 Å². The second kappa shape index (κ2) is 5.54. The molecule has 0 radical (unpaired) electrons. The Balaban J connectivity index is 1.38. The van der Waals surface area contributed by atoms with Gasteiger partial charge in [0.05, 0.1) is 11.8 Å². The van der Waals surface area contributed by atoms with Crippen molar-refractivity contribution in [2.45, 2.75) is 63.8 Å². The SMILES string of the molecule is O=C(O)C1CCC1C(=O)N1CCCC1CC1CC2CCC1C2. The number of rotatable bonds is 4. The molecular weight excluding hydrogens is 278 g/mol. The van der Waals surface area contributed by atoms with E-state index in [1.165, 1.54) is 32.1 Å². The van der Waals surface area contributed by atoms with Crippen LogP contribution in [0.15, 0.2) is 0 Å². The van der Waals surface area contributed by atoms with E-state index in [9.17, 15) is 14.7 Å². The molecule has 122 valence electrons.